The zero-order valence-electron chi connectivity index (χ0n) is 11.2. The van der Waals surface area contributed by atoms with Crippen LogP contribution in [0.15, 0.2) is 22.4 Å². The highest BCUT2D eigenvalue weighted by Crippen LogP contribution is 2.09. The maximum atomic E-state index is 11.9. The average molecular weight is 299 g/mol. The predicted molar refractivity (Wildman–Crippen MR) is 79.2 cm³/mol. The molecule has 2 atom stereocenters. The Kier molecular flexibility index (Phi) is 4.49. The molecule has 5 nitrogen and oxygen atoms in total. The molecule has 0 fully saturated rings. The molecule has 19 heavy (non-hydrogen) atoms. The van der Waals surface area contributed by atoms with Crippen molar-refractivity contribution in [3.63, 3.8) is 0 Å². The van der Waals surface area contributed by atoms with Gasteiger partial charge in [0.15, 0.2) is 4.96 Å². The Hall–Kier alpha value is -1.05. The van der Waals surface area contributed by atoms with Crippen LogP contribution in [0.25, 0.3) is 4.96 Å². The Morgan fingerprint density at radius 1 is 1.58 bits per heavy atom. The molecular formula is C12H17N3O2S2. The number of hydrogen-bond acceptors (Lipinski definition) is 5. The van der Waals surface area contributed by atoms with Gasteiger partial charge in [-0.15, -0.1) is 11.3 Å². The third-order valence-electron chi connectivity index (χ3n) is 3.00. The van der Waals surface area contributed by atoms with Crippen LogP contribution in [0, 0.1) is 0 Å². The Labute approximate surface area is 118 Å². The van der Waals surface area contributed by atoms with Crippen LogP contribution in [0.5, 0.6) is 0 Å². The summed E-state index contributed by atoms with van der Waals surface area (Å²) < 4.78 is 12.8. The van der Waals surface area contributed by atoms with Crippen LogP contribution in [0.3, 0.4) is 0 Å². The monoisotopic (exact) mass is 299 g/mol. The predicted octanol–water partition coefficient (Wildman–Crippen LogP) is 0.955. The van der Waals surface area contributed by atoms with E-state index >= 15 is 0 Å². The van der Waals surface area contributed by atoms with Crippen molar-refractivity contribution in [1.29, 1.82) is 0 Å². The molecule has 0 bridgehead atoms. The maximum absolute atomic E-state index is 11.9. The molecule has 0 aliphatic heterocycles. The molecule has 0 aliphatic carbocycles. The number of nitrogens with zero attached hydrogens (tertiary/aromatic N) is 3. The van der Waals surface area contributed by atoms with Crippen LogP contribution in [-0.2, 0) is 17.3 Å². The number of fused-ring (bicyclic) bond motifs is 1. The van der Waals surface area contributed by atoms with Gasteiger partial charge in [0.2, 0.25) is 0 Å². The molecule has 104 valence electrons. The fourth-order valence-corrected chi connectivity index (χ4v) is 3.52. The molecular weight excluding hydrogens is 282 g/mol. The van der Waals surface area contributed by atoms with Crippen molar-refractivity contribution in [2.45, 2.75) is 19.5 Å². The smallest absolute Gasteiger partial charge is 0.258 e. The van der Waals surface area contributed by atoms with Gasteiger partial charge in [-0.2, -0.15) is 0 Å². The van der Waals surface area contributed by atoms with Gasteiger partial charge in [-0.1, -0.05) is 0 Å². The second-order valence-electron chi connectivity index (χ2n) is 4.65. The van der Waals surface area contributed by atoms with Gasteiger partial charge in [0.1, 0.15) is 0 Å². The van der Waals surface area contributed by atoms with Crippen molar-refractivity contribution in [3.05, 3.63) is 33.7 Å². The van der Waals surface area contributed by atoms with Crippen molar-refractivity contribution in [2.24, 2.45) is 0 Å². The van der Waals surface area contributed by atoms with Crippen LogP contribution < -0.4 is 5.56 Å². The van der Waals surface area contributed by atoms with Gasteiger partial charge >= 0.3 is 0 Å². The fraction of sp³-hybridized carbons (Fsp3) is 0.500. The van der Waals surface area contributed by atoms with Crippen LogP contribution >= 0.6 is 11.3 Å². The van der Waals surface area contributed by atoms with Crippen molar-refractivity contribution in [3.8, 4) is 0 Å². The van der Waals surface area contributed by atoms with Crippen molar-refractivity contribution < 1.29 is 4.21 Å². The lowest BCUT2D eigenvalue weighted by atomic mass is 10.3. The standard InChI is InChI=1S/C12H17N3O2S2/c1-9(8-19(3)17)14(2)7-10-6-11(16)15-4-5-18-12(15)13-10/h4-6,9H,7-8H2,1-3H3. The quantitative estimate of drug-likeness (QED) is 0.825. The highest BCUT2D eigenvalue weighted by Gasteiger charge is 2.13. The zero-order chi connectivity index (χ0) is 14.0. The lowest BCUT2D eigenvalue weighted by Crippen LogP contribution is -2.33. The van der Waals surface area contributed by atoms with E-state index in [9.17, 15) is 9.00 Å². The molecule has 2 rings (SSSR count). The number of hydrogen-bond donors (Lipinski definition) is 0. The lowest BCUT2D eigenvalue weighted by molar-refractivity contribution is 0.265. The minimum Gasteiger partial charge on any atom is -0.297 e. The summed E-state index contributed by atoms with van der Waals surface area (Å²) in [5.41, 5.74) is 0.699. The van der Waals surface area contributed by atoms with Gasteiger partial charge in [0, 0.05) is 53.0 Å². The molecule has 0 spiro atoms. The summed E-state index contributed by atoms with van der Waals surface area (Å²) in [6.07, 6.45) is 3.43. The van der Waals surface area contributed by atoms with Crippen molar-refractivity contribution in [2.75, 3.05) is 19.1 Å². The summed E-state index contributed by atoms with van der Waals surface area (Å²) >= 11 is 1.45. The Balaban J connectivity index is 2.16. The molecule has 2 heterocycles. The minimum absolute atomic E-state index is 0.0543. The van der Waals surface area contributed by atoms with E-state index in [1.165, 1.54) is 11.3 Å². The maximum Gasteiger partial charge on any atom is 0.258 e. The highest BCUT2D eigenvalue weighted by molar-refractivity contribution is 7.84. The van der Waals surface area contributed by atoms with Gasteiger partial charge in [-0.25, -0.2) is 4.98 Å². The minimum atomic E-state index is -0.820. The first-order valence-electron chi connectivity index (χ1n) is 5.93. The lowest BCUT2D eigenvalue weighted by Gasteiger charge is -2.23. The molecule has 0 aromatic carbocycles. The zero-order valence-corrected chi connectivity index (χ0v) is 12.8. The number of aromatic nitrogens is 2. The van der Waals surface area contributed by atoms with Gasteiger partial charge in [-0.05, 0) is 14.0 Å². The average Bonchev–Trinajstić information content (AvgIpc) is 2.76. The highest BCUT2D eigenvalue weighted by atomic mass is 32.2. The molecule has 2 aromatic heterocycles. The summed E-state index contributed by atoms with van der Waals surface area (Å²) in [6.45, 7) is 2.61. The second kappa shape index (κ2) is 5.94. The summed E-state index contributed by atoms with van der Waals surface area (Å²) in [6, 6.07) is 1.75. The fourth-order valence-electron chi connectivity index (χ4n) is 1.85. The first kappa shape index (κ1) is 14.4. The number of rotatable bonds is 5. The van der Waals surface area contributed by atoms with E-state index in [4.69, 9.17) is 0 Å². The van der Waals surface area contributed by atoms with Crippen LogP contribution in [-0.4, -0.2) is 43.6 Å². The molecule has 0 saturated carbocycles. The molecule has 0 N–H and O–H groups in total. The first-order chi connectivity index (χ1) is 8.97. The first-order valence-corrected chi connectivity index (χ1v) is 8.54. The van der Waals surface area contributed by atoms with Gasteiger partial charge in [-0.3, -0.25) is 18.3 Å². The Morgan fingerprint density at radius 3 is 3.00 bits per heavy atom. The van der Waals surface area contributed by atoms with Crippen molar-refractivity contribution >= 4 is 27.1 Å². The van der Waals surface area contributed by atoms with Crippen LogP contribution in [0.1, 0.15) is 12.6 Å². The normalized spacial score (nSPS) is 14.9. The molecule has 7 heteroatoms. The largest absolute Gasteiger partial charge is 0.297 e. The molecule has 0 aliphatic rings. The van der Waals surface area contributed by atoms with E-state index in [2.05, 4.69) is 9.88 Å². The topological polar surface area (TPSA) is 54.7 Å². The Bertz CT molecular complexity index is 650. The van der Waals surface area contributed by atoms with Gasteiger partial charge in [0.25, 0.3) is 5.56 Å². The summed E-state index contributed by atoms with van der Waals surface area (Å²) in [5, 5.41) is 1.85. The third-order valence-corrected chi connectivity index (χ3v) is 4.70. The van der Waals surface area contributed by atoms with Gasteiger partial charge < -0.3 is 0 Å². The van der Waals surface area contributed by atoms with E-state index in [1.807, 2.05) is 19.4 Å². The van der Waals surface area contributed by atoms with Crippen LogP contribution in [0.4, 0.5) is 0 Å². The van der Waals surface area contributed by atoms with Crippen molar-refractivity contribution in [1.82, 2.24) is 14.3 Å². The van der Waals surface area contributed by atoms with E-state index in [-0.39, 0.29) is 11.6 Å². The number of thiazole rings is 1. The summed E-state index contributed by atoms with van der Waals surface area (Å²) in [4.78, 5) is 19.1. The van der Waals surface area contributed by atoms with E-state index in [0.29, 0.717) is 17.3 Å². The Morgan fingerprint density at radius 2 is 2.32 bits per heavy atom. The molecule has 0 radical (unpaired) electrons. The van der Waals surface area contributed by atoms with Gasteiger partial charge in [0.05, 0.1) is 5.69 Å². The molecule has 2 aromatic rings. The van der Waals surface area contributed by atoms with E-state index < -0.39 is 10.8 Å². The molecule has 2 unspecified atom stereocenters. The van der Waals surface area contributed by atoms with E-state index in [1.54, 1.807) is 22.9 Å². The second-order valence-corrected chi connectivity index (χ2v) is 7.00. The molecule has 0 saturated heterocycles. The summed E-state index contributed by atoms with van der Waals surface area (Å²) in [5.74, 6) is 0.622. The van der Waals surface area contributed by atoms with Crippen LogP contribution in [0.2, 0.25) is 0 Å². The third kappa shape index (κ3) is 3.49. The molecule has 0 amide bonds. The SMILES string of the molecule is CC(CS(C)=O)N(C)Cc1cc(=O)n2ccsc2n1. The van der Waals surface area contributed by atoms with E-state index in [0.717, 1.165) is 5.69 Å². The summed E-state index contributed by atoms with van der Waals surface area (Å²) in [7, 11) is 1.13.